The molecule has 5 N–H and O–H groups in total. The van der Waals surface area contributed by atoms with Crippen LogP contribution in [0.1, 0.15) is 146 Å². The van der Waals surface area contributed by atoms with Gasteiger partial charge in [-0.1, -0.05) is 277 Å². The van der Waals surface area contributed by atoms with Gasteiger partial charge in [0.15, 0.2) is 28.9 Å². The molecule has 0 aromatic heterocycles. The van der Waals surface area contributed by atoms with E-state index in [0.717, 1.165) is 124 Å². The molecule has 0 bridgehead atoms. The van der Waals surface area contributed by atoms with Crippen LogP contribution in [0.15, 0.2) is 377 Å². The third kappa shape index (κ3) is 54.4. The Bertz CT molecular complexity index is 5190. The van der Waals surface area contributed by atoms with E-state index >= 15 is 0 Å². The summed E-state index contributed by atoms with van der Waals surface area (Å²) in [7, 11) is -3.57. The number of hydrogen-bond acceptors (Lipinski definition) is 15. The minimum absolute atomic E-state index is 0. The van der Waals surface area contributed by atoms with Gasteiger partial charge in [-0.25, -0.2) is 4.21 Å². The summed E-state index contributed by atoms with van der Waals surface area (Å²) in [6.45, 7) is 13.8. The molecule has 0 saturated carbocycles. The average molecular weight is 2520 g/mol. The molecule has 0 amide bonds. The largest absolute Gasteiger partial charge is 0.512 e. The van der Waals surface area contributed by atoms with E-state index in [0.29, 0.717) is 27.8 Å². The molecule has 5 radical (unpaired) electrons. The topological polar surface area (TPSA) is 272 Å². The molecule has 685 valence electrons. The third-order valence-corrected chi connectivity index (χ3v) is 21.3. The predicted octanol–water partition coefficient (Wildman–Crippen LogP) is 25.2. The van der Waals surface area contributed by atoms with E-state index in [2.05, 4.69) is 20.8 Å². The van der Waals surface area contributed by atoms with Crippen LogP contribution < -0.4 is 0 Å². The molecule has 129 heavy (non-hydrogen) atoms. The SMILES string of the molecule is CC(O)=CC(=O)c1ccc2ccccc2c1.CC(O)=CC(=O)c1ccc2ccccc2c1.CC(O)=CC(=O)c1ccc2ccccc2c1.CC(O)=CC(=O)c1ccc2ccccc2c1.CC(O)=CC(=O)c1ccc2ccccc2c1.CCCCS(=O)CCCC.CCCCS(=O)c1ccccc1.CS(C)=O.CS(C)=O.O=S(c1ccccc1)c1ccccc1.[Eu].[Eu].[Eu].[Eu].[Eu]. The van der Waals surface area contributed by atoms with Crippen LogP contribution in [0.4, 0.5) is 0 Å². The van der Waals surface area contributed by atoms with E-state index in [1.807, 2.05) is 273 Å². The number of rotatable bonds is 22. The Kier molecular flexibility index (Phi) is 72.9. The molecule has 25 heteroatoms. The van der Waals surface area contributed by atoms with Crippen LogP contribution in [-0.4, -0.2) is 118 Å². The quantitative estimate of drug-likeness (QED) is 0.0240. The molecule has 13 aromatic carbocycles. The van der Waals surface area contributed by atoms with Crippen LogP contribution in [0, 0.1) is 247 Å². The first-order valence-electron chi connectivity index (χ1n) is 40.2. The second-order valence-corrected chi connectivity index (χ2v) is 35.9. The Morgan fingerprint density at radius 3 is 0.605 bits per heavy atom. The fraction of sp³-hybridized carbons (Fsp3) is 0.202. The maximum atomic E-state index is 12.0. The first kappa shape index (κ1) is 127. The minimum atomic E-state index is -1.05. The number of allylic oxidation sites excluding steroid dienone is 10. The van der Waals surface area contributed by atoms with Crippen molar-refractivity contribution in [1.29, 1.82) is 0 Å². The number of aliphatic hydroxyl groups is 5. The summed E-state index contributed by atoms with van der Waals surface area (Å²) in [4.78, 5) is 61.0. The molecule has 0 aliphatic rings. The first-order chi connectivity index (χ1) is 59.3. The van der Waals surface area contributed by atoms with Gasteiger partial charge < -0.3 is 25.5 Å². The monoisotopic (exact) mass is 2530 g/mol. The van der Waals surface area contributed by atoms with Crippen molar-refractivity contribution in [2.24, 2.45) is 0 Å². The average Bonchev–Trinajstić information content (AvgIpc) is 0.860. The molecule has 13 rings (SSSR count). The predicted molar refractivity (Wildman–Crippen MR) is 521 cm³/mol. The maximum absolute atomic E-state index is 12.0. The molecule has 0 heterocycles. The van der Waals surface area contributed by atoms with E-state index < -0.39 is 54.0 Å². The molecule has 1 unspecified atom stereocenters. The zero-order valence-electron chi connectivity index (χ0n) is 74.4. The molecule has 15 nitrogen and oxygen atoms in total. The number of carbonyl (C=O) groups is 5. The molecule has 0 saturated heterocycles. The van der Waals surface area contributed by atoms with Gasteiger partial charge in [0.05, 0.1) is 50.4 Å². The minimum Gasteiger partial charge on any atom is -0.512 e. The Labute approximate surface area is 978 Å². The first-order valence-corrected chi connectivity index (χ1v) is 48.0. The van der Waals surface area contributed by atoms with Gasteiger partial charge in [-0.15, -0.1) is 0 Å². The van der Waals surface area contributed by atoms with Crippen molar-refractivity contribution in [1.82, 2.24) is 0 Å². The molecule has 0 aliphatic carbocycles. The fourth-order valence-corrected chi connectivity index (χ4v) is 14.7. The van der Waals surface area contributed by atoms with E-state index in [4.69, 9.17) is 25.5 Å². The number of carbonyl (C=O) groups excluding carboxylic acids is 5. The summed E-state index contributed by atoms with van der Waals surface area (Å²) < 4.78 is 53.7. The van der Waals surface area contributed by atoms with Crippen molar-refractivity contribution in [2.75, 3.05) is 42.3 Å². The van der Waals surface area contributed by atoms with Gasteiger partial charge in [0.1, 0.15) is 0 Å². The number of fused-ring (bicyclic) bond motifs is 5. The van der Waals surface area contributed by atoms with Gasteiger partial charge in [0.25, 0.3) is 0 Å². The number of unbranched alkanes of at least 4 members (excludes halogenated alkanes) is 3. The van der Waals surface area contributed by atoms with Crippen LogP contribution in [0.3, 0.4) is 0 Å². The standard InChI is InChI=1S/5C14H12O2.C12H10OS.C10H14OS.C8H18OS.2C2H6OS.5Eu/c5*1-10(15)8-14(16)13-7-6-11-4-2-3-5-12(11)9-13;13-14(11-7-3-1-4-8-11)12-9-5-2-6-10-12;1-2-3-9-12(11)10-7-5-4-6-8-10;1-3-5-7-10(9)8-6-4-2;2*1-4(2)3;;;;;/h5*2-9,15H,1H3;1-10H;4-8H,2-3,9H2,1H3;3-8H2,1-2H3;2*1-2H3;;;;;. The Balaban J connectivity index is 0. The maximum Gasteiger partial charge on any atom is 0.189 e. The van der Waals surface area contributed by atoms with Gasteiger partial charge in [0, 0.05) is 394 Å². The Morgan fingerprint density at radius 1 is 0.248 bits per heavy atom. The normalized spacial score (nSPS) is 10.9. The summed E-state index contributed by atoms with van der Waals surface area (Å²) in [6.07, 6.45) is 19.4. The zero-order chi connectivity index (χ0) is 91.3. The smallest absolute Gasteiger partial charge is 0.189 e. The molecular formula is C104H114Eu5O15S5. The van der Waals surface area contributed by atoms with E-state index in [1.54, 1.807) is 55.4 Å². The molecule has 0 fully saturated rings. The van der Waals surface area contributed by atoms with Crippen molar-refractivity contribution in [3.05, 3.63) is 390 Å². The van der Waals surface area contributed by atoms with E-state index in [9.17, 15) is 45.0 Å². The fourth-order valence-electron chi connectivity index (χ4n) is 11.0. The Morgan fingerprint density at radius 2 is 0.419 bits per heavy atom. The van der Waals surface area contributed by atoms with Gasteiger partial charge >= 0.3 is 0 Å². The second kappa shape index (κ2) is 74.1. The summed E-state index contributed by atoms with van der Waals surface area (Å²) in [6, 6.07) is 95.4. The number of ketones is 5. The van der Waals surface area contributed by atoms with Crippen LogP contribution in [0.5, 0.6) is 0 Å². The van der Waals surface area contributed by atoms with E-state index in [1.165, 1.54) is 65.0 Å². The van der Waals surface area contributed by atoms with E-state index in [-0.39, 0.29) is 305 Å². The second-order valence-electron chi connectivity index (χ2n) is 28.2. The molecule has 0 spiro atoms. The van der Waals surface area contributed by atoms with Crippen LogP contribution in [-0.2, 0) is 54.0 Å². The number of benzene rings is 13. The van der Waals surface area contributed by atoms with Gasteiger partial charge in [0.2, 0.25) is 0 Å². The van der Waals surface area contributed by atoms with Crippen LogP contribution in [0.25, 0.3) is 53.9 Å². The molecule has 13 aromatic rings. The molecule has 0 aliphatic heterocycles. The number of hydrogen-bond donors (Lipinski definition) is 5. The summed E-state index contributed by atoms with van der Waals surface area (Å²) >= 11 is 0. The number of aliphatic hydroxyl groups excluding tert-OH is 5. The summed E-state index contributed by atoms with van der Waals surface area (Å²) in [5.41, 5.74) is 2.95. The van der Waals surface area contributed by atoms with Crippen LogP contribution in [0.2, 0.25) is 0 Å². The van der Waals surface area contributed by atoms with Crippen molar-refractivity contribution in [3.63, 3.8) is 0 Å². The van der Waals surface area contributed by atoms with Crippen molar-refractivity contribution in [2.45, 2.75) is 109 Å². The summed E-state index contributed by atoms with van der Waals surface area (Å²) in [5.74, 6) is 1.87. The zero-order valence-corrected chi connectivity index (χ0v) is 90.6. The van der Waals surface area contributed by atoms with Gasteiger partial charge in [-0.3, -0.25) is 40.8 Å². The van der Waals surface area contributed by atoms with Crippen molar-refractivity contribution in [3.8, 4) is 0 Å². The third-order valence-electron chi connectivity index (χ3n) is 16.9. The Hall–Kier alpha value is -4.12. The van der Waals surface area contributed by atoms with Gasteiger partial charge in [-0.2, -0.15) is 0 Å². The summed E-state index contributed by atoms with van der Waals surface area (Å²) in [5, 5.41) is 55.8. The van der Waals surface area contributed by atoms with Crippen molar-refractivity contribution >= 4 is 137 Å². The van der Waals surface area contributed by atoms with Crippen LogP contribution >= 0.6 is 0 Å². The molecule has 1 atom stereocenters. The van der Waals surface area contributed by atoms with Gasteiger partial charge in [-0.05, 0) is 174 Å². The molecular weight excluding hydrogens is 2410 g/mol. The van der Waals surface area contributed by atoms with Crippen molar-refractivity contribution < 1.29 is 317 Å².